The Balaban J connectivity index is 1.57. The van der Waals surface area contributed by atoms with E-state index in [0.29, 0.717) is 12.2 Å². The zero-order chi connectivity index (χ0) is 23.8. The fraction of sp³-hybridized carbons (Fsp3) is 0.250. The van der Waals surface area contributed by atoms with E-state index in [-0.39, 0.29) is 24.2 Å². The third kappa shape index (κ3) is 3.77. The maximum absolute atomic E-state index is 12.5. The van der Waals surface area contributed by atoms with Gasteiger partial charge in [0.15, 0.2) is 0 Å². The van der Waals surface area contributed by atoms with E-state index >= 15 is 0 Å². The molecule has 4 aromatic rings. The van der Waals surface area contributed by atoms with Crippen LogP contribution in [0.5, 0.6) is 5.75 Å². The van der Waals surface area contributed by atoms with E-state index in [1.54, 1.807) is 7.11 Å². The highest BCUT2D eigenvalue weighted by molar-refractivity contribution is 5.87. The summed E-state index contributed by atoms with van der Waals surface area (Å²) in [6.07, 6.45) is 3.12. The SMILES string of the molecule is COC(=O)[C@H]1Cc2c([nH]c3ccccc23)[C@H](c2ccc(OC)c(Cn3cc([N+](=O)[O-])cn3)c2)N1. The second-order valence-electron chi connectivity index (χ2n) is 8.17. The first-order valence-corrected chi connectivity index (χ1v) is 10.8. The van der Waals surface area contributed by atoms with Gasteiger partial charge in [-0.1, -0.05) is 24.3 Å². The predicted octanol–water partition coefficient (Wildman–Crippen LogP) is 3.11. The normalized spacial score (nSPS) is 17.4. The number of para-hydroxylation sites is 1. The van der Waals surface area contributed by atoms with Crippen molar-refractivity contribution in [2.75, 3.05) is 14.2 Å². The molecule has 3 heterocycles. The standard InChI is InChI=1S/C24H23N5O5/c1-33-21-8-7-14(9-15(21)12-28-13-16(11-25-28)29(31)32)22-23-18(10-20(27-22)24(30)34-2)17-5-3-4-6-19(17)26-23/h3-9,11,13,20,22,26-27H,10,12H2,1-2H3/t20-,22+/m1/s1. The molecule has 0 unspecified atom stereocenters. The summed E-state index contributed by atoms with van der Waals surface area (Å²) in [5.74, 6) is 0.317. The minimum absolute atomic E-state index is 0.0762. The van der Waals surface area contributed by atoms with Gasteiger partial charge in [-0.05, 0) is 29.3 Å². The Labute approximate surface area is 194 Å². The molecule has 2 aromatic heterocycles. The number of ether oxygens (including phenoxy) is 2. The number of H-pyrrole nitrogens is 1. The van der Waals surface area contributed by atoms with Crippen LogP contribution >= 0.6 is 0 Å². The quantitative estimate of drug-likeness (QED) is 0.257. The number of benzene rings is 2. The number of nitrogens with one attached hydrogen (secondary N) is 2. The molecule has 10 heteroatoms. The number of hydrogen-bond donors (Lipinski definition) is 2. The first-order chi connectivity index (χ1) is 16.5. The number of carbonyl (C=O) groups is 1. The lowest BCUT2D eigenvalue weighted by molar-refractivity contribution is -0.385. The van der Waals surface area contributed by atoms with Crippen LogP contribution in [0.4, 0.5) is 5.69 Å². The topological polar surface area (TPSA) is 124 Å². The second-order valence-corrected chi connectivity index (χ2v) is 8.17. The molecular weight excluding hydrogens is 438 g/mol. The van der Waals surface area contributed by atoms with Gasteiger partial charge in [-0.2, -0.15) is 5.10 Å². The predicted molar refractivity (Wildman–Crippen MR) is 124 cm³/mol. The zero-order valence-electron chi connectivity index (χ0n) is 18.6. The number of carbonyl (C=O) groups excluding carboxylic acids is 1. The monoisotopic (exact) mass is 461 g/mol. The maximum Gasteiger partial charge on any atom is 0.323 e. The number of methoxy groups -OCH3 is 2. The van der Waals surface area contributed by atoms with E-state index in [1.807, 2.05) is 42.5 Å². The highest BCUT2D eigenvalue weighted by Gasteiger charge is 2.34. The summed E-state index contributed by atoms with van der Waals surface area (Å²) in [4.78, 5) is 26.6. The van der Waals surface area contributed by atoms with Crippen molar-refractivity contribution in [2.24, 2.45) is 0 Å². The molecule has 2 N–H and O–H groups in total. The molecule has 0 fully saturated rings. The average molecular weight is 461 g/mol. The van der Waals surface area contributed by atoms with Gasteiger partial charge in [-0.15, -0.1) is 0 Å². The van der Waals surface area contributed by atoms with Gasteiger partial charge in [0.2, 0.25) is 0 Å². The van der Waals surface area contributed by atoms with E-state index in [9.17, 15) is 14.9 Å². The molecule has 0 aliphatic carbocycles. The number of aromatic amines is 1. The van der Waals surface area contributed by atoms with Crippen molar-refractivity contribution >= 4 is 22.6 Å². The summed E-state index contributed by atoms with van der Waals surface area (Å²) in [6.45, 7) is 0.289. The molecular formula is C24H23N5O5. The lowest BCUT2D eigenvalue weighted by Gasteiger charge is -2.30. The number of rotatable bonds is 6. The van der Waals surface area contributed by atoms with Gasteiger partial charge in [0.1, 0.15) is 24.2 Å². The van der Waals surface area contributed by atoms with Crippen molar-refractivity contribution in [3.8, 4) is 5.75 Å². The van der Waals surface area contributed by atoms with Crippen LogP contribution in [0.25, 0.3) is 10.9 Å². The second kappa shape index (κ2) is 8.64. The van der Waals surface area contributed by atoms with Crippen molar-refractivity contribution in [3.63, 3.8) is 0 Å². The third-order valence-electron chi connectivity index (χ3n) is 6.20. The third-order valence-corrected chi connectivity index (χ3v) is 6.20. The summed E-state index contributed by atoms with van der Waals surface area (Å²) in [5, 5.41) is 19.6. The van der Waals surface area contributed by atoms with Crippen molar-refractivity contribution in [3.05, 3.63) is 87.4 Å². The highest BCUT2D eigenvalue weighted by atomic mass is 16.6. The summed E-state index contributed by atoms with van der Waals surface area (Å²) >= 11 is 0. The number of hydrogen-bond acceptors (Lipinski definition) is 7. The van der Waals surface area contributed by atoms with Gasteiger partial charge in [0.25, 0.3) is 0 Å². The Morgan fingerprint density at radius 1 is 1.26 bits per heavy atom. The molecule has 10 nitrogen and oxygen atoms in total. The van der Waals surface area contributed by atoms with Gasteiger partial charge in [-0.25, -0.2) is 0 Å². The molecule has 0 saturated heterocycles. The van der Waals surface area contributed by atoms with Gasteiger partial charge in [-0.3, -0.25) is 24.9 Å². The van der Waals surface area contributed by atoms with E-state index in [1.165, 1.54) is 24.2 Å². The number of aromatic nitrogens is 3. The Kier molecular flexibility index (Phi) is 5.50. The van der Waals surface area contributed by atoms with Gasteiger partial charge >= 0.3 is 11.7 Å². The van der Waals surface area contributed by atoms with E-state index in [2.05, 4.69) is 15.4 Å². The summed E-state index contributed by atoms with van der Waals surface area (Å²) in [7, 11) is 2.96. The van der Waals surface area contributed by atoms with Crippen molar-refractivity contribution in [1.29, 1.82) is 0 Å². The number of nitro groups is 1. The van der Waals surface area contributed by atoms with Gasteiger partial charge < -0.3 is 14.5 Å². The molecule has 1 aliphatic rings. The molecule has 5 rings (SSSR count). The summed E-state index contributed by atoms with van der Waals surface area (Å²) in [5.41, 5.74) is 4.72. The molecule has 1 aliphatic heterocycles. The first kappa shape index (κ1) is 21.7. The molecule has 0 radical (unpaired) electrons. The number of nitrogens with zero attached hydrogens (tertiary/aromatic N) is 3. The number of esters is 1. The fourth-order valence-electron chi connectivity index (χ4n) is 4.60. The van der Waals surface area contributed by atoms with Crippen LogP contribution in [-0.4, -0.2) is 45.9 Å². The van der Waals surface area contributed by atoms with Gasteiger partial charge in [0, 0.05) is 28.6 Å². The lowest BCUT2D eigenvalue weighted by Crippen LogP contribution is -2.45. The number of fused-ring (bicyclic) bond motifs is 3. The van der Waals surface area contributed by atoms with Gasteiger partial charge in [0.05, 0.1) is 31.7 Å². The van der Waals surface area contributed by atoms with Crippen molar-refractivity contribution < 1.29 is 19.2 Å². The summed E-state index contributed by atoms with van der Waals surface area (Å²) < 4.78 is 12.1. The highest BCUT2D eigenvalue weighted by Crippen LogP contribution is 2.36. The lowest BCUT2D eigenvalue weighted by atomic mass is 9.89. The van der Waals surface area contributed by atoms with Crippen LogP contribution in [0, 0.1) is 10.1 Å². The zero-order valence-corrected chi connectivity index (χ0v) is 18.6. The Morgan fingerprint density at radius 3 is 2.82 bits per heavy atom. The molecule has 0 spiro atoms. The molecule has 0 bridgehead atoms. The van der Waals surface area contributed by atoms with Crippen LogP contribution in [0.2, 0.25) is 0 Å². The molecule has 34 heavy (non-hydrogen) atoms. The molecule has 0 saturated carbocycles. The first-order valence-electron chi connectivity index (χ1n) is 10.8. The van der Waals surface area contributed by atoms with Crippen molar-refractivity contribution in [2.45, 2.75) is 25.0 Å². The van der Waals surface area contributed by atoms with Crippen LogP contribution in [0.1, 0.15) is 28.4 Å². The minimum Gasteiger partial charge on any atom is -0.496 e. The van der Waals surface area contributed by atoms with Crippen LogP contribution in [-0.2, 0) is 22.5 Å². The van der Waals surface area contributed by atoms with Crippen molar-refractivity contribution in [1.82, 2.24) is 20.1 Å². The summed E-state index contributed by atoms with van der Waals surface area (Å²) in [6, 6.07) is 13.0. The van der Waals surface area contributed by atoms with E-state index in [0.717, 1.165) is 33.3 Å². The smallest absolute Gasteiger partial charge is 0.323 e. The van der Waals surface area contributed by atoms with Crippen LogP contribution in [0.3, 0.4) is 0 Å². The minimum atomic E-state index is -0.499. The Bertz CT molecular complexity index is 1390. The largest absolute Gasteiger partial charge is 0.496 e. The molecule has 0 amide bonds. The maximum atomic E-state index is 12.5. The Hall–Kier alpha value is -4.18. The fourth-order valence-corrected chi connectivity index (χ4v) is 4.60. The molecule has 2 atom stereocenters. The Morgan fingerprint density at radius 2 is 2.09 bits per heavy atom. The molecule has 2 aromatic carbocycles. The average Bonchev–Trinajstić information content (AvgIpc) is 3.47. The van der Waals surface area contributed by atoms with Crippen LogP contribution in [0.15, 0.2) is 54.9 Å². The van der Waals surface area contributed by atoms with Crippen LogP contribution < -0.4 is 10.1 Å². The molecule has 174 valence electrons. The van der Waals surface area contributed by atoms with E-state index < -0.39 is 11.0 Å². The van der Waals surface area contributed by atoms with E-state index in [4.69, 9.17) is 9.47 Å².